The number of aromatic hydroxyl groups is 1. The van der Waals surface area contributed by atoms with E-state index in [0.29, 0.717) is 16.8 Å². The summed E-state index contributed by atoms with van der Waals surface area (Å²) in [5, 5.41) is 14.5. The number of nitrogens with one attached hydrogen (secondary N) is 1. The van der Waals surface area contributed by atoms with Crippen LogP contribution in [0.25, 0.3) is 0 Å². The number of rotatable bonds is 5. The van der Waals surface area contributed by atoms with Crippen LogP contribution >= 0.6 is 11.6 Å². The normalized spacial score (nSPS) is 27.2. The molecule has 4 amide bonds. The fourth-order valence-electron chi connectivity index (χ4n) is 8.78. The van der Waals surface area contributed by atoms with E-state index >= 15 is 0 Å². The molecule has 2 aliphatic carbocycles. The van der Waals surface area contributed by atoms with Gasteiger partial charge in [-0.1, -0.05) is 59.6 Å². The first kappa shape index (κ1) is 32.0. The molecule has 10 heteroatoms. The molecule has 1 saturated carbocycles. The van der Waals surface area contributed by atoms with Gasteiger partial charge < -0.3 is 10.4 Å². The Hall–Kier alpha value is -5.28. The molecule has 2 heterocycles. The number of amides is 4. The van der Waals surface area contributed by atoms with Crippen LogP contribution in [0.4, 0.5) is 27.1 Å². The summed E-state index contributed by atoms with van der Waals surface area (Å²) in [4.78, 5) is 59.7. The van der Waals surface area contributed by atoms with E-state index in [1.54, 1.807) is 44.2 Å². The van der Waals surface area contributed by atoms with Crippen molar-refractivity contribution in [3.63, 3.8) is 0 Å². The summed E-state index contributed by atoms with van der Waals surface area (Å²) in [6.45, 7) is 3.49. The van der Waals surface area contributed by atoms with Crippen LogP contribution in [-0.4, -0.2) is 28.7 Å². The Balaban J connectivity index is 1.19. The third-order valence-corrected chi connectivity index (χ3v) is 11.5. The van der Waals surface area contributed by atoms with Gasteiger partial charge >= 0.3 is 0 Å². The fraction of sp³-hybridized carbons (Fsp3) is 0.250. The van der Waals surface area contributed by atoms with Crippen LogP contribution in [-0.2, 0) is 19.2 Å². The molecular weight excluding hydrogens is 657 g/mol. The van der Waals surface area contributed by atoms with Crippen LogP contribution in [0.1, 0.15) is 36.8 Å². The van der Waals surface area contributed by atoms with Gasteiger partial charge in [-0.25, -0.2) is 9.29 Å². The van der Waals surface area contributed by atoms with Gasteiger partial charge in [0, 0.05) is 22.9 Å². The molecule has 8 rings (SSSR count). The van der Waals surface area contributed by atoms with Crippen LogP contribution in [0.2, 0.25) is 5.02 Å². The lowest BCUT2D eigenvalue weighted by Gasteiger charge is -2.49. The van der Waals surface area contributed by atoms with Gasteiger partial charge in [0.1, 0.15) is 11.6 Å². The molecule has 252 valence electrons. The topological polar surface area (TPSA) is 107 Å². The Morgan fingerprint density at radius 1 is 0.820 bits per heavy atom. The van der Waals surface area contributed by atoms with Crippen molar-refractivity contribution >= 4 is 58.0 Å². The number of carbonyl (C=O) groups is 4. The highest BCUT2D eigenvalue weighted by Crippen LogP contribution is 2.64. The Morgan fingerprint density at radius 2 is 1.52 bits per heavy atom. The summed E-state index contributed by atoms with van der Waals surface area (Å²) in [5.74, 6) is -5.96. The standard InChI is InChI=1S/C40H33ClFN3O5/c1-21-7-6-10-28(35(21)46)34-26-16-17-27-33(38(49)44(36(27)47)24-13-11-23(12-14-24)43-22-8-4-3-5-9-22)29(26)20-30-37(48)45(39(50)40(30,34)2)25-15-18-32(42)31(41)19-25/h3-16,18-19,27,29-30,33-34,43,46H,17,20H2,1-2H3. The number of benzene rings is 4. The average molecular weight is 690 g/mol. The Bertz CT molecular complexity index is 2140. The van der Waals surface area contributed by atoms with E-state index in [9.17, 15) is 28.7 Å². The van der Waals surface area contributed by atoms with E-state index < -0.39 is 52.6 Å². The number of hydrogen-bond acceptors (Lipinski definition) is 6. The summed E-state index contributed by atoms with van der Waals surface area (Å²) in [6.07, 6.45) is 2.36. The molecule has 0 radical (unpaired) electrons. The van der Waals surface area contributed by atoms with Crippen molar-refractivity contribution in [3.8, 4) is 5.75 Å². The second-order valence-corrected chi connectivity index (χ2v) is 14.2. The summed E-state index contributed by atoms with van der Waals surface area (Å²) in [7, 11) is 0. The SMILES string of the molecule is Cc1cccc(C2C3=CCC4C(=O)N(c5ccc(Nc6ccccc6)cc5)C(=O)C4C3CC3C(=O)N(c4ccc(F)c(Cl)c4)C(=O)C32C)c1O. The predicted octanol–water partition coefficient (Wildman–Crippen LogP) is 7.67. The highest BCUT2D eigenvalue weighted by atomic mass is 35.5. The molecule has 3 fully saturated rings. The lowest BCUT2D eigenvalue weighted by molar-refractivity contribution is -0.131. The number of hydrogen-bond donors (Lipinski definition) is 2. The maximum atomic E-state index is 14.6. The second kappa shape index (κ2) is 11.7. The van der Waals surface area contributed by atoms with Gasteiger partial charge in [0.05, 0.1) is 39.6 Å². The molecule has 0 aromatic heterocycles. The molecule has 2 saturated heterocycles. The number of nitrogens with zero attached hydrogens (tertiary/aromatic N) is 2. The quantitative estimate of drug-likeness (QED) is 0.165. The van der Waals surface area contributed by atoms with Crippen LogP contribution in [0.3, 0.4) is 0 Å². The first-order valence-corrected chi connectivity index (χ1v) is 17.0. The van der Waals surface area contributed by atoms with Crippen molar-refractivity contribution in [1.82, 2.24) is 0 Å². The molecule has 4 aromatic carbocycles. The lowest BCUT2D eigenvalue weighted by atomic mass is 9.51. The molecule has 50 heavy (non-hydrogen) atoms. The summed E-state index contributed by atoms with van der Waals surface area (Å²) in [5.41, 5.74) is 2.77. The van der Waals surface area contributed by atoms with Crippen LogP contribution in [0.5, 0.6) is 5.75 Å². The minimum Gasteiger partial charge on any atom is -0.507 e. The monoisotopic (exact) mass is 689 g/mol. The predicted molar refractivity (Wildman–Crippen MR) is 188 cm³/mol. The molecule has 6 atom stereocenters. The van der Waals surface area contributed by atoms with Gasteiger partial charge in [-0.3, -0.25) is 24.1 Å². The van der Waals surface area contributed by atoms with E-state index in [4.69, 9.17) is 11.6 Å². The van der Waals surface area contributed by atoms with Crippen LogP contribution in [0.15, 0.2) is 103 Å². The molecule has 0 bridgehead atoms. The molecule has 4 aromatic rings. The smallest absolute Gasteiger partial charge is 0.241 e. The lowest BCUT2D eigenvalue weighted by Crippen LogP contribution is -2.49. The van der Waals surface area contributed by atoms with Crippen molar-refractivity contribution in [2.45, 2.75) is 32.6 Å². The number of aryl methyl sites for hydroxylation is 1. The van der Waals surface area contributed by atoms with Crippen LogP contribution < -0.4 is 15.1 Å². The van der Waals surface area contributed by atoms with E-state index in [0.717, 1.165) is 27.9 Å². The number of allylic oxidation sites excluding steroid dienone is 2. The number of fused-ring (bicyclic) bond motifs is 4. The molecule has 2 N–H and O–H groups in total. The zero-order valence-electron chi connectivity index (χ0n) is 27.3. The van der Waals surface area contributed by atoms with Crippen LogP contribution in [0, 0.1) is 41.8 Å². The van der Waals surface area contributed by atoms with Crippen molar-refractivity contribution in [2.75, 3.05) is 15.1 Å². The molecule has 2 aliphatic heterocycles. The van der Waals surface area contributed by atoms with E-state index in [-0.39, 0.29) is 41.1 Å². The van der Waals surface area contributed by atoms with E-state index in [2.05, 4.69) is 5.32 Å². The average Bonchev–Trinajstić information content (AvgIpc) is 3.48. The van der Waals surface area contributed by atoms with Crippen molar-refractivity contribution in [2.24, 2.45) is 29.1 Å². The van der Waals surface area contributed by atoms with Gasteiger partial charge in [0.15, 0.2) is 0 Å². The zero-order valence-corrected chi connectivity index (χ0v) is 28.0. The van der Waals surface area contributed by atoms with Crippen molar-refractivity contribution in [1.29, 1.82) is 0 Å². The number of phenolic OH excluding ortho intramolecular Hbond substituents is 1. The minimum absolute atomic E-state index is 0.00401. The van der Waals surface area contributed by atoms with Gasteiger partial charge in [-0.05, 0) is 92.8 Å². The molecule has 0 spiro atoms. The molecule has 8 nitrogen and oxygen atoms in total. The number of anilines is 4. The number of halogens is 2. The third kappa shape index (κ3) is 4.63. The summed E-state index contributed by atoms with van der Waals surface area (Å²) >= 11 is 6.09. The Labute approximate surface area is 293 Å². The Kier molecular flexibility index (Phi) is 7.45. The number of para-hydroxylation sites is 2. The van der Waals surface area contributed by atoms with Gasteiger partial charge in [-0.2, -0.15) is 0 Å². The first-order valence-electron chi connectivity index (χ1n) is 16.6. The second-order valence-electron chi connectivity index (χ2n) is 13.8. The summed E-state index contributed by atoms with van der Waals surface area (Å²) in [6, 6.07) is 25.8. The van der Waals surface area contributed by atoms with Gasteiger partial charge in [0.25, 0.3) is 0 Å². The highest BCUT2D eigenvalue weighted by Gasteiger charge is 2.68. The minimum atomic E-state index is -1.36. The molecular formula is C40H33ClFN3O5. The Morgan fingerprint density at radius 3 is 2.24 bits per heavy atom. The fourth-order valence-corrected chi connectivity index (χ4v) is 8.96. The molecule has 4 aliphatic rings. The number of phenols is 1. The number of carbonyl (C=O) groups excluding carboxylic acids is 4. The first-order chi connectivity index (χ1) is 24.0. The maximum absolute atomic E-state index is 14.6. The maximum Gasteiger partial charge on any atom is 0.241 e. The zero-order chi connectivity index (χ0) is 35.1. The van der Waals surface area contributed by atoms with E-state index in [1.165, 1.54) is 17.0 Å². The summed E-state index contributed by atoms with van der Waals surface area (Å²) < 4.78 is 14.2. The van der Waals surface area contributed by atoms with Crippen molar-refractivity contribution in [3.05, 3.63) is 125 Å². The largest absolute Gasteiger partial charge is 0.507 e. The van der Waals surface area contributed by atoms with Gasteiger partial charge in [0.2, 0.25) is 23.6 Å². The molecule has 6 unspecified atom stereocenters. The van der Waals surface area contributed by atoms with Gasteiger partial charge in [-0.15, -0.1) is 0 Å². The van der Waals surface area contributed by atoms with E-state index in [1.807, 2.05) is 48.5 Å². The third-order valence-electron chi connectivity index (χ3n) is 11.2. The van der Waals surface area contributed by atoms with Crippen molar-refractivity contribution < 1.29 is 28.7 Å². The highest BCUT2D eigenvalue weighted by molar-refractivity contribution is 6.32. The number of imide groups is 2.